The number of likely N-dealkylation sites (N-methyl/N-ethyl adjacent to an activating group) is 1. The van der Waals surface area contributed by atoms with Crippen molar-refractivity contribution >= 4 is 11.8 Å². The summed E-state index contributed by atoms with van der Waals surface area (Å²) in [5.74, 6) is -0.00972. The van der Waals surface area contributed by atoms with Crippen LogP contribution in [0.3, 0.4) is 0 Å². The molecule has 0 spiro atoms. The first-order valence-electron chi connectivity index (χ1n) is 16.9. The Labute approximate surface area is 238 Å². The Morgan fingerprint density at radius 1 is 0.553 bits per heavy atom. The highest BCUT2D eigenvalue weighted by Gasteiger charge is 2.38. The Hall–Kier alpha value is -0.900. The van der Waals surface area contributed by atoms with Crippen LogP contribution in [0, 0.1) is 0 Å². The van der Waals surface area contributed by atoms with Gasteiger partial charge in [0.25, 0.3) is 0 Å². The lowest BCUT2D eigenvalue weighted by Gasteiger charge is -2.31. The predicted molar refractivity (Wildman–Crippen MR) is 165 cm³/mol. The number of carbonyl (C=O) groups is 2. The van der Waals surface area contributed by atoms with E-state index in [1.54, 1.807) is 0 Å². The van der Waals surface area contributed by atoms with Gasteiger partial charge < -0.3 is 10.1 Å². The van der Waals surface area contributed by atoms with E-state index in [1.165, 1.54) is 109 Å². The maximum atomic E-state index is 13.5. The monoisotopic (exact) mass is 538 g/mol. The molecule has 0 aliphatic carbocycles. The molecule has 0 amide bonds. The molecule has 1 unspecified atom stereocenters. The van der Waals surface area contributed by atoms with E-state index in [0.717, 1.165) is 44.9 Å². The zero-order valence-electron chi connectivity index (χ0n) is 26.3. The fourth-order valence-corrected chi connectivity index (χ4v) is 5.44. The predicted octanol–water partition coefficient (Wildman–Crippen LogP) is 10.3. The number of hydrogen-bond acceptors (Lipinski definition) is 4. The molecule has 226 valence electrons. The molecule has 0 aromatic heterocycles. The van der Waals surface area contributed by atoms with E-state index in [9.17, 15) is 9.59 Å². The topological polar surface area (TPSA) is 55.4 Å². The van der Waals surface area contributed by atoms with Crippen LogP contribution in [0.5, 0.6) is 0 Å². The first-order chi connectivity index (χ1) is 18.6. The fourth-order valence-electron chi connectivity index (χ4n) is 5.44. The Morgan fingerprint density at radius 2 is 0.947 bits per heavy atom. The molecule has 0 aromatic rings. The second kappa shape index (κ2) is 27.7. The van der Waals surface area contributed by atoms with Gasteiger partial charge in [-0.2, -0.15) is 0 Å². The molecule has 0 aromatic carbocycles. The quantitative estimate of drug-likeness (QED) is 0.0731. The van der Waals surface area contributed by atoms with Crippen LogP contribution in [0.15, 0.2) is 0 Å². The summed E-state index contributed by atoms with van der Waals surface area (Å²) >= 11 is 0. The zero-order chi connectivity index (χ0) is 28.2. The molecule has 0 aliphatic heterocycles. The van der Waals surface area contributed by atoms with Gasteiger partial charge in [-0.15, -0.1) is 0 Å². The van der Waals surface area contributed by atoms with Crippen LogP contribution in [-0.4, -0.2) is 30.9 Å². The minimum absolute atomic E-state index is 0.171. The number of unbranched alkanes of at least 4 members (excludes halogenated alkanes) is 20. The molecule has 0 bridgehead atoms. The van der Waals surface area contributed by atoms with Gasteiger partial charge in [0.05, 0.1) is 18.6 Å². The van der Waals surface area contributed by atoms with E-state index in [-0.39, 0.29) is 18.2 Å². The van der Waals surface area contributed by atoms with Gasteiger partial charge in [0.15, 0.2) is 5.78 Å². The van der Waals surface area contributed by atoms with Gasteiger partial charge in [0.1, 0.15) is 0 Å². The number of esters is 1. The van der Waals surface area contributed by atoms with E-state index >= 15 is 0 Å². The lowest BCUT2D eigenvalue weighted by molar-refractivity contribution is -0.148. The van der Waals surface area contributed by atoms with Crippen LogP contribution in [0.2, 0.25) is 0 Å². The number of Topliss-reactive ketones (excluding diaryl/α,β-unsaturated/α-hetero) is 1. The van der Waals surface area contributed by atoms with E-state index in [1.807, 2.05) is 7.05 Å². The number of carbonyl (C=O) groups excluding carboxylic acids is 2. The summed E-state index contributed by atoms with van der Waals surface area (Å²) in [7, 11) is 1.86. The van der Waals surface area contributed by atoms with E-state index in [2.05, 4.69) is 26.1 Å². The van der Waals surface area contributed by atoms with E-state index in [4.69, 9.17) is 4.74 Å². The van der Waals surface area contributed by atoms with Gasteiger partial charge in [0, 0.05) is 6.42 Å². The SMILES string of the molecule is CCCCCCCCCCCCCC(=O)C(CCCCCCCCCC)(CC(=O)OCCCCCC)NC. The van der Waals surface area contributed by atoms with Crippen LogP contribution >= 0.6 is 0 Å². The summed E-state index contributed by atoms with van der Waals surface area (Å²) in [4.78, 5) is 26.2. The molecule has 1 N–H and O–H groups in total. The number of rotatable bonds is 30. The maximum absolute atomic E-state index is 13.5. The summed E-state index contributed by atoms with van der Waals surface area (Å²) in [5, 5.41) is 3.32. The Kier molecular flexibility index (Phi) is 27.0. The van der Waals surface area contributed by atoms with Gasteiger partial charge in [-0.3, -0.25) is 9.59 Å². The summed E-state index contributed by atoms with van der Waals surface area (Å²) < 4.78 is 5.56. The lowest BCUT2D eigenvalue weighted by Crippen LogP contribution is -2.52. The van der Waals surface area contributed by atoms with Crippen molar-refractivity contribution in [2.24, 2.45) is 0 Å². The molecular formula is C34H67NO3. The van der Waals surface area contributed by atoms with Crippen molar-refractivity contribution in [1.82, 2.24) is 5.32 Å². The number of ether oxygens (including phenoxy) is 1. The highest BCUT2D eigenvalue weighted by Crippen LogP contribution is 2.25. The Balaban J connectivity index is 4.53. The maximum Gasteiger partial charge on any atom is 0.308 e. The molecule has 0 heterocycles. The van der Waals surface area contributed by atoms with Crippen molar-refractivity contribution in [3.8, 4) is 0 Å². The molecule has 0 rings (SSSR count). The highest BCUT2D eigenvalue weighted by atomic mass is 16.5. The first kappa shape index (κ1) is 37.1. The standard InChI is InChI=1S/C34H67NO3/c1-5-8-11-14-16-18-19-20-21-23-25-28-32(36)34(35-4,29-26-24-22-17-15-12-9-6-2)31-33(37)38-30-27-13-10-7-3/h35H,5-31H2,1-4H3. The Morgan fingerprint density at radius 3 is 1.39 bits per heavy atom. The minimum Gasteiger partial charge on any atom is -0.466 e. The van der Waals surface area contributed by atoms with Crippen LogP contribution in [0.25, 0.3) is 0 Å². The number of nitrogens with one attached hydrogen (secondary N) is 1. The molecule has 38 heavy (non-hydrogen) atoms. The number of hydrogen-bond donors (Lipinski definition) is 1. The second-order valence-corrected chi connectivity index (χ2v) is 11.7. The highest BCUT2D eigenvalue weighted by molar-refractivity contribution is 5.92. The van der Waals surface area contributed by atoms with Gasteiger partial charge in [-0.25, -0.2) is 0 Å². The number of ketones is 1. The molecule has 0 aliphatic rings. The molecule has 0 saturated carbocycles. The molecule has 4 heteroatoms. The van der Waals surface area contributed by atoms with Crippen molar-refractivity contribution in [3.05, 3.63) is 0 Å². The van der Waals surface area contributed by atoms with Gasteiger partial charge in [-0.05, 0) is 26.3 Å². The van der Waals surface area contributed by atoms with Crippen molar-refractivity contribution in [1.29, 1.82) is 0 Å². The van der Waals surface area contributed by atoms with E-state index in [0.29, 0.717) is 13.0 Å². The lowest BCUT2D eigenvalue weighted by atomic mass is 9.82. The van der Waals surface area contributed by atoms with Crippen LogP contribution < -0.4 is 5.32 Å². The summed E-state index contributed by atoms with van der Waals surface area (Å²) in [6.45, 7) is 7.17. The van der Waals surface area contributed by atoms with Crippen molar-refractivity contribution in [3.63, 3.8) is 0 Å². The van der Waals surface area contributed by atoms with Crippen molar-refractivity contribution in [2.75, 3.05) is 13.7 Å². The average Bonchev–Trinajstić information content (AvgIpc) is 2.92. The van der Waals surface area contributed by atoms with Crippen LogP contribution in [-0.2, 0) is 14.3 Å². The minimum atomic E-state index is -0.763. The third kappa shape index (κ3) is 21.0. The fraction of sp³-hybridized carbons (Fsp3) is 0.941. The summed E-state index contributed by atoms with van der Waals surface area (Å²) in [6.07, 6.45) is 29.7. The van der Waals surface area contributed by atoms with Crippen LogP contribution in [0.1, 0.15) is 188 Å². The Bertz CT molecular complexity index is 536. The third-order valence-electron chi connectivity index (χ3n) is 8.18. The first-order valence-corrected chi connectivity index (χ1v) is 16.9. The van der Waals surface area contributed by atoms with Gasteiger partial charge in [-0.1, -0.05) is 156 Å². The normalized spacial score (nSPS) is 12.9. The molecule has 0 radical (unpaired) electrons. The zero-order valence-corrected chi connectivity index (χ0v) is 26.3. The molecule has 1 atom stereocenters. The van der Waals surface area contributed by atoms with E-state index < -0.39 is 5.54 Å². The molecule has 4 nitrogen and oxygen atoms in total. The van der Waals surface area contributed by atoms with Crippen LogP contribution in [0.4, 0.5) is 0 Å². The van der Waals surface area contributed by atoms with Crippen molar-refractivity contribution < 1.29 is 14.3 Å². The summed E-state index contributed by atoms with van der Waals surface area (Å²) in [6, 6.07) is 0. The molecular weight excluding hydrogens is 470 g/mol. The largest absolute Gasteiger partial charge is 0.466 e. The second-order valence-electron chi connectivity index (χ2n) is 11.7. The third-order valence-corrected chi connectivity index (χ3v) is 8.18. The smallest absolute Gasteiger partial charge is 0.308 e. The summed E-state index contributed by atoms with van der Waals surface area (Å²) in [5.41, 5.74) is -0.763. The van der Waals surface area contributed by atoms with Gasteiger partial charge in [0.2, 0.25) is 0 Å². The van der Waals surface area contributed by atoms with Crippen molar-refractivity contribution in [2.45, 2.75) is 193 Å². The molecule has 0 fully saturated rings. The molecule has 0 saturated heterocycles. The average molecular weight is 538 g/mol. The van der Waals surface area contributed by atoms with Gasteiger partial charge >= 0.3 is 5.97 Å².